The van der Waals surface area contributed by atoms with Crippen LogP contribution in [0.15, 0.2) is 48.5 Å². The molecule has 0 amide bonds. The highest BCUT2D eigenvalue weighted by molar-refractivity contribution is 5.44. The van der Waals surface area contributed by atoms with Crippen LogP contribution in [0.3, 0.4) is 0 Å². The summed E-state index contributed by atoms with van der Waals surface area (Å²) in [6.45, 7) is 7.11. The first-order valence-corrected chi connectivity index (χ1v) is 9.18. The molecule has 0 aromatic heterocycles. The number of phenolic OH excluding ortho intramolecular Hbond substituents is 1. The molecule has 126 valence electrons. The van der Waals surface area contributed by atoms with E-state index in [4.69, 9.17) is 0 Å². The van der Waals surface area contributed by atoms with Gasteiger partial charge in [-0.3, -0.25) is 4.90 Å². The van der Waals surface area contributed by atoms with Crippen molar-refractivity contribution >= 4 is 0 Å². The van der Waals surface area contributed by atoms with Crippen LogP contribution in [0.1, 0.15) is 37.0 Å². The summed E-state index contributed by atoms with van der Waals surface area (Å²) >= 11 is 0. The number of piperidine rings is 1. The van der Waals surface area contributed by atoms with E-state index in [2.05, 4.69) is 55.1 Å². The molecular formula is C22H27NO. The predicted molar refractivity (Wildman–Crippen MR) is 98.5 cm³/mol. The van der Waals surface area contributed by atoms with Crippen LogP contribution in [0.5, 0.6) is 5.75 Å². The van der Waals surface area contributed by atoms with Crippen LogP contribution in [0, 0.1) is 5.92 Å². The molecule has 1 aliphatic heterocycles. The molecule has 1 unspecified atom stereocenters. The third kappa shape index (κ3) is 2.53. The first-order valence-electron chi connectivity index (χ1n) is 9.18. The van der Waals surface area contributed by atoms with Crippen LogP contribution >= 0.6 is 0 Å². The summed E-state index contributed by atoms with van der Waals surface area (Å²) in [5.74, 6) is 1.03. The van der Waals surface area contributed by atoms with Crippen molar-refractivity contribution < 1.29 is 5.11 Å². The summed E-state index contributed by atoms with van der Waals surface area (Å²) in [5.41, 5.74) is 4.44. The van der Waals surface area contributed by atoms with Gasteiger partial charge >= 0.3 is 0 Å². The lowest BCUT2D eigenvalue weighted by molar-refractivity contribution is 0.0322. The SMILES string of the molecule is CC1[C@@H]2Cc3ccc(O)cc3[C@@]1(C)CCN2CCc1ccccc1. The molecule has 4 rings (SSSR count). The minimum Gasteiger partial charge on any atom is -0.508 e. The van der Waals surface area contributed by atoms with Gasteiger partial charge in [0, 0.05) is 12.6 Å². The Balaban J connectivity index is 1.57. The molecule has 2 aromatic carbocycles. The van der Waals surface area contributed by atoms with Gasteiger partial charge in [0.15, 0.2) is 0 Å². The molecule has 3 atom stereocenters. The summed E-state index contributed by atoms with van der Waals surface area (Å²) in [4.78, 5) is 2.70. The van der Waals surface area contributed by atoms with E-state index in [0.717, 1.165) is 25.9 Å². The van der Waals surface area contributed by atoms with Gasteiger partial charge in [0.2, 0.25) is 0 Å². The number of aromatic hydroxyl groups is 1. The summed E-state index contributed by atoms with van der Waals surface area (Å²) in [6, 6.07) is 17.4. The van der Waals surface area contributed by atoms with E-state index < -0.39 is 0 Å². The number of rotatable bonds is 3. The van der Waals surface area contributed by atoms with E-state index in [9.17, 15) is 5.11 Å². The topological polar surface area (TPSA) is 23.5 Å². The fourth-order valence-electron chi connectivity index (χ4n) is 4.89. The van der Waals surface area contributed by atoms with Gasteiger partial charge in [0.25, 0.3) is 0 Å². The Bertz CT molecular complexity index is 726. The fraction of sp³-hybridized carbons (Fsp3) is 0.455. The van der Waals surface area contributed by atoms with Crippen LogP contribution in [0.4, 0.5) is 0 Å². The van der Waals surface area contributed by atoms with Crippen molar-refractivity contribution in [1.82, 2.24) is 4.90 Å². The highest BCUT2D eigenvalue weighted by Gasteiger charge is 2.48. The van der Waals surface area contributed by atoms with Gasteiger partial charge in [0.1, 0.15) is 5.75 Å². The van der Waals surface area contributed by atoms with Crippen LogP contribution in [0.25, 0.3) is 0 Å². The highest BCUT2D eigenvalue weighted by Crippen LogP contribution is 2.49. The van der Waals surface area contributed by atoms with E-state index in [1.165, 1.54) is 23.1 Å². The zero-order valence-corrected chi connectivity index (χ0v) is 14.7. The second-order valence-electron chi connectivity index (χ2n) is 7.84. The van der Waals surface area contributed by atoms with Crippen molar-refractivity contribution in [2.24, 2.45) is 5.92 Å². The maximum Gasteiger partial charge on any atom is 0.115 e. The molecule has 1 N–H and O–H groups in total. The zero-order valence-electron chi connectivity index (χ0n) is 14.7. The number of fused-ring (bicyclic) bond motifs is 4. The highest BCUT2D eigenvalue weighted by atomic mass is 16.3. The number of likely N-dealkylation sites (tertiary alicyclic amines) is 1. The van der Waals surface area contributed by atoms with E-state index >= 15 is 0 Å². The quantitative estimate of drug-likeness (QED) is 0.917. The first kappa shape index (κ1) is 15.7. The molecule has 1 fully saturated rings. The molecule has 1 saturated heterocycles. The van der Waals surface area contributed by atoms with Crippen LogP contribution < -0.4 is 0 Å². The Morgan fingerprint density at radius 1 is 1.17 bits per heavy atom. The van der Waals surface area contributed by atoms with E-state index in [-0.39, 0.29) is 5.41 Å². The summed E-state index contributed by atoms with van der Waals surface area (Å²) < 4.78 is 0. The Kier molecular flexibility index (Phi) is 3.88. The normalized spacial score (nSPS) is 29.2. The third-order valence-electron chi connectivity index (χ3n) is 6.64. The standard InChI is InChI=1S/C22H27NO/c1-16-21-14-18-8-9-19(24)15-20(18)22(16,2)11-13-23(21)12-10-17-6-4-3-5-7-17/h3-9,15-16,21,24H,10-14H2,1-2H3/t16?,21-,22-/m0/s1. The van der Waals surface area contributed by atoms with Gasteiger partial charge < -0.3 is 5.11 Å². The number of hydrogen-bond acceptors (Lipinski definition) is 2. The van der Waals surface area contributed by atoms with Crippen molar-refractivity contribution in [3.63, 3.8) is 0 Å². The molecule has 24 heavy (non-hydrogen) atoms. The van der Waals surface area contributed by atoms with Crippen molar-refractivity contribution in [2.45, 2.75) is 44.6 Å². The third-order valence-corrected chi connectivity index (χ3v) is 6.64. The van der Waals surface area contributed by atoms with Crippen molar-refractivity contribution in [2.75, 3.05) is 13.1 Å². The summed E-state index contributed by atoms with van der Waals surface area (Å²) in [6.07, 6.45) is 3.42. The van der Waals surface area contributed by atoms with Crippen molar-refractivity contribution in [3.8, 4) is 5.75 Å². The lowest BCUT2D eigenvalue weighted by Gasteiger charge is -2.54. The van der Waals surface area contributed by atoms with E-state index in [0.29, 0.717) is 17.7 Å². The van der Waals surface area contributed by atoms with Crippen LogP contribution in [-0.2, 0) is 18.3 Å². The maximum atomic E-state index is 9.94. The van der Waals surface area contributed by atoms with Gasteiger partial charge in [-0.05, 0) is 66.0 Å². The molecule has 2 bridgehead atoms. The Labute approximate surface area is 145 Å². The zero-order chi connectivity index (χ0) is 16.7. The predicted octanol–water partition coefficient (Wildman–Crippen LogP) is 4.16. The van der Waals surface area contributed by atoms with Crippen molar-refractivity contribution in [1.29, 1.82) is 0 Å². The lowest BCUT2D eigenvalue weighted by Crippen LogP contribution is -2.58. The molecule has 2 aromatic rings. The molecule has 0 spiro atoms. The molecule has 1 heterocycles. The molecular weight excluding hydrogens is 294 g/mol. The Morgan fingerprint density at radius 2 is 1.96 bits per heavy atom. The van der Waals surface area contributed by atoms with Gasteiger partial charge in [-0.25, -0.2) is 0 Å². The lowest BCUT2D eigenvalue weighted by atomic mass is 9.59. The Hall–Kier alpha value is -1.80. The van der Waals surface area contributed by atoms with Crippen LogP contribution in [-0.4, -0.2) is 29.1 Å². The monoisotopic (exact) mass is 321 g/mol. The Morgan fingerprint density at radius 3 is 2.75 bits per heavy atom. The average molecular weight is 321 g/mol. The average Bonchev–Trinajstić information content (AvgIpc) is 2.59. The number of benzene rings is 2. The number of phenols is 1. The summed E-state index contributed by atoms with van der Waals surface area (Å²) in [5, 5.41) is 9.94. The minimum absolute atomic E-state index is 0.195. The van der Waals surface area contributed by atoms with Crippen molar-refractivity contribution in [3.05, 3.63) is 65.2 Å². The minimum atomic E-state index is 0.195. The maximum absolute atomic E-state index is 9.94. The fourth-order valence-corrected chi connectivity index (χ4v) is 4.89. The van der Waals surface area contributed by atoms with E-state index in [1.54, 1.807) is 0 Å². The van der Waals surface area contributed by atoms with Gasteiger partial charge in [-0.1, -0.05) is 50.2 Å². The second kappa shape index (κ2) is 5.93. The molecule has 2 nitrogen and oxygen atoms in total. The molecule has 0 saturated carbocycles. The second-order valence-corrected chi connectivity index (χ2v) is 7.84. The van der Waals surface area contributed by atoms with Gasteiger partial charge in [-0.2, -0.15) is 0 Å². The first-order chi connectivity index (χ1) is 11.6. The number of nitrogens with zero attached hydrogens (tertiary/aromatic N) is 1. The van der Waals surface area contributed by atoms with Crippen LogP contribution in [0.2, 0.25) is 0 Å². The summed E-state index contributed by atoms with van der Waals surface area (Å²) in [7, 11) is 0. The molecule has 2 aliphatic rings. The van der Waals surface area contributed by atoms with Gasteiger partial charge in [0.05, 0.1) is 0 Å². The molecule has 0 radical (unpaired) electrons. The number of hydrogen-bond donors (Lipinski definition) is 1. The smallest absolute Gasteiger partial charge is 0.115 e. The van der Waals surface area contributed by atoms with E-state index in [1.807, 2.05) is 12.1 Å². The largest absolute Gasteiger partial charge is 0.508 e. The molecule has 1 aliphatic carbocycles. The molecule has 2 heteroatoms. The van der Waals surface area contributed by atoms with Gasteiger partial charge in [-0.15, -0.1) is 0 Å².